The molecule has 3 rings (SSSR count). The first-order chi connectivity index (χ1) is 10.1. The molecule has 0 aliphatic carbocycles. The van der Waals surface area contributed by atoms with Crippen LogP contribution in [0.2, 0.25) is 5.02 Å². The summed E-state index contributed by atoms with van der Waals surface area (Å²) in [5, 5.41) is 2.89. The fourth-order valence-electron chi connectivity index (χ4n) is 2.52. The molecule has 0 spiro atoms. The lowest BCUT2D eigenvalue weighted by molar-refractivity contribution is -0.115. The highest BCUT2D eigenvalue weighted by Crippen LogP contribution is 2.27. The lowest BCUT2D eigenvalue weighted by atomic mass is 10.2. The number of anilines is 2. The number of carbonyl (C=O) groups excluding carboxylic acids is 1. The quantitative estimate of drug-likeness (QED) is 0.941. The predicted molar refractivity (Wildman–Crippen MR) is 82.4 cm³/mol. The average Bonchev–Trinajstić information content (AvgIpc) is 2.85. The summed E-state index contributed by atoms with van der Waals surface area (Å²) in [5.41, 5.74) is 2.46. The van der Waals surface area contributed by atoms with E-state index in [4.69, 9.17) is 11.6 Å². The van der Waals surface area contributed by atoms with Crippen molar-refractivity contribution in [1.82, 2.24) is 0 Å². The van der Waals surface area contributed by atoms with Gasteiger partial charge in [0.25, 0.3) is 0 Å². The van der Waals surface area contributed by atoms with Gasteiger partial charge in [0, 0.05) is 17.3 Å². The van der Waals surface area contributed by atoms with E-state index in [1.165, 1.54) is 17.7 Å². The summed E-state index contributed by atoms with van der Waals surface area (Å²) >= 11 is 5.69. The minimum atomic E-state index is -0.530. The molecule has 2 aromatic carbocycles. The number of hydrogen-bond donors (Lipinski definition) is 1. The van der Waals surface area contributed by atoms with Gasteiger partial charge in [-0.25, -0.2) is 4.39 Å². The van der Waals surface area contributed by atoms with Crippen LogP contribution >= 0.6 is 11.6 Å². The largest absolute Gasteiger partial charge is 0.362 e. The summed E-state index contributed by atoms with van der Waals surface area (Å²) in [7, 11) is 0. The maximum atomic E-state index is 13.7. The van der Waals surface area contributed by atoms with Gasteiger partial charge >= 0.3 is 0 Å². The number of halogens is 2. The first kappa shape index (κ1) is 13.9. The van der Waals surface area contributed by atoms with Crippen molar-refractivity contribution in [2.75, 3.05) is 23.3 Å². The molecule has 0 radical (unpaired) electrons. The summed E-state index contributed by atoms with van der Waals surface area (Å²) in [6.07, 6.45) is 0.929. The van der Waals surface area contributed by atoms with E-state index in [0.29, 0.717) is 5.02 Å². The second-order valence-electron chi connectivity index (χ2n) is 4.97. The predicted octanol–water partition coefficient (Wildman–Crippen LogP) is 3.48. The van der Waals surface area contributed by atoms with E-state index >= 15 is 0 Å². The van der Waals surface area contributed by atoms with Crippen LogP contribution < -0.4 is 10.2 Å². The van der Waals surface area contributed by atoms with Crippen molar-refractivity contribution >= 4 is 28.9 Å². The minimum Gasteiger partial charge on any atom is -0.362 e. The normalized spacial score (nSPS) is 13.1. The molecule has 1 aliphatic heterocycles. The molecule has 1 aliphatic rings. The summed E-state index contributed by atoms with van der Waals surface area (Å²) in [4.78, 5) is 14.1. The molecular weight excluding hydrogens is 291 g/mol. The van der Waals surface area contributed by atoms with Crippen LogP contribution in [0.1, 0.15) is 5.56 Å². The fraction of sp³-hybridized carbons (Fsp3) is 0.188. The van der Waals surface area contributed by atoms with Crippen molar-refractivity contribution in [2.45, 2.75) is 6.42 Å². The highest BCUT2D eigenvalue weighted by Gasteiger charge is 2.20. The number of amides is 1. The van der Waals surface area contributed by atoms with Gasteiger partial charge in [0.05, 0.1) is 12.2 Å². The van der Waals surface area contributed by atoms with Crippen molar-refractivity contribution < 1.29 is 9.18 Å². The molecule has 0 atom stereocenters. The zero-order chi connectivity index (χ0) is 14.8. The number of para-hydroxylation sites is 1. The fourth-order valence-corrected chi connectivity index (χ4v) is 2.68. The van der Waals surface area contributed by atoms with E-state index in [9.17, 15) is 9.18 Å². The summed E-state index contributed by atoms with van der Waals surface area (Å²) in [6.45, 7) is 1.01. The average molecular weight is 305 g/mol. The van der Waals surface area contributed by atoms with Crippen LogP contribution in [0.25, 0.3) is 0 Å². The van der Waals surface area contributed by atoms with E-state index in [1.54, 1.807) is 6.07 Å². The highest BCUT2D eigenvalue weighted by molar-refractivity contribution is 6.30. The molecule has 1 heterocycles. The number of nitrogens with zero attached hydrogens (tertiary/aromatic N) is 1. The Morgan fingerprint density at radius 2 is 2.10 bits per heavy atom. The lowest BCUT2D eigenvalue weighted by Gasteiger charge is -2.18. The third-order valence-corrected chi connectivity index (χ3v) is 3.76. The van der Waals surface area contributed by atoms with Crippen LogP contribution in [0.3, 0.4) is 0 Å². The molecule has 5 heteroatoms. The smallest absolute Gasteiger partial charge is 0.243 e. The standard InChI is InChI=1S/C16H14ClFN2O/c17-12-5-6-14(13(18)9-12)19-16(21)10-20-8-7-11-3-1-2-4-15(11)20/h1-6,9H,7-8,10H2,(H,19,21). The summed E-state index contributed by atoms with van der Waals surface area (Å²) in [5.74, 6) is -0.773. The second kappa shape index (κ2) is 5.74. The lowest BCUT2D eigenvalue weighted by Crippen LogP contribution is -2.32. The molecule has 21 heavy (non-hydrogen) atoms. The van der Waals surface area contributed by atoms with Gasteiger partial charge < -0.3 is 10.2 Å². The van der Waals surface area contributed by atoms with Crippen molar-refractivity contribution in [2.24, 2.45) is 0 Å². The van der Waals surface area contributed by atoms with Gasteiger partial charge in [0.1, 0.15) is 5.82 Å². The molecule has 0 fully saturated rings. The number of carbonyl (C=O) groups is 1. The van der Waals surface area contributed by atoms with Gasteiger partial charge in [-0.1, -0.05) is 29.8 Å². The molecule has 0 aromatic heterocycles. The molecule has 1 amide bonds. The molecule has 0 saturated carbocycles. The van der Waals surface area contributed by atoms with Gasteiger partial charge in [-0.05, 0) is 36.2 Å². The summed E-state index contributed by atoms with van der Waals surface area (Å²) < 4.78 is 13.7. The Hall–Kier alpha value is -2.07. The first-order valence-corrected chi connectivity index (χ1v) is 7.09. The number of fused-ring (bicyclic) bond motifs is 1. The topological polar surface area (TPSA) is 32.3 Å². The Kier molecular flexibility index (Phi) is 3.80. The number of benzene rings is 2. The number of nitrogens with one attached hydrogen (secondary N) is 1. The summed E-state index contributed by atoms with van der Waals surface area (Å²) in [6, 6.07) is 12.2. The van der Waals surface area contributed by atoms with E-state index in [0.717, 1.165) is 18.7 Å². The molecule has 0 saturated heterocycles. The molecule has 2 aromatic rings. The van der Waals surface area contributed by atoms with E-state index in [2.05, 4.69) is 11.4 Å². The van der Waals surface area contributed by atoms with E-state index < -0.39 is 5.82 Å². The van der Waals surface area contributed by atoms with Crippen LogP contribution in [0.4, 0.5) is 15.8 Å². The van der Waals surface area contributed by atoms with Crippen LogP contribution in [0.5, 0.6) is 0 Å². The molecule has 0 unspecified atom stereocenters. The molecule has 3 nitrogen and oxygen atoms in total. The van der Waals surface area contributed by atoms with Crippen LogP contribution in [-0.4, -0.2) is 19.0 Å². The Bertz CT molecular complexity index is 690. The van der Waals surface area contributed by atoms with Gasteiger partial charge in [-0.15, -0.1) is 0 Å². The zero-order valence-electron chi connectivity index (χ0n) is 11.3. The maximum Gasteiger partial charge on any atom is 0.243 e. The molecule has 108 valence electrons. The van der Waals surface area contributed by atoms with Crippen molar-refractivity contribution in [1.29, 1.82) is 0 Å². The second-order valence-corrected chi connectivity index (χ2v) is 5.41. The SMILES string of the molecule is O=C(CN1CCc2ccccc21)Nc1ccc(Cl)cc1F. The number of hydrogen-bond acceptors (Lipinski definition) is 2. The highest BCUT2D eigenvalue weighted by atomic mass is 35.5. The molecule has 1 N–H and O–H groups in total. The Labute approximate surface area is 127 Å². The van der Waals surface area contributed by atoms with Gasteiger partial charge in [0.2, 0.25) is 5.91 Å². The first-order valence-electron chi connectivity index (χ1n) is 6.71. The number of rotatable bonds is 3. The van der Waals surface area contributed by atoms with E-state index in [-0.39, 0.29) is 18.1 Å². The monoisotopic (exact) mass is 304 g/mol. The molecular formula is C16H14ClFN2O. The molecule has 0 bridgehead atoms. The Morgan fingerprint density at radius 1 is 1.29 bits per heavy atom. The van der Waals surface area contributed by atoms with Crippen molar-refractivity contribution in [3.63, 3.8) is 0 Å². The maximum absolute atomic E-state index is 13.7. The van der Waals surface area contributed by atoms with Gasteiger partial charge in [-0.3, -0.25) is 4.79 Å². The van der Waals surface area contributed by atoms with Crippen LogP contribution in [0, 0.1) is 5.82 Å². The van der Waals surface area contributed by atoms with Crippen molar-refractivity contribution in [3.8, 4) is 0 Å². The van der Waals surface area contributed by atoms with E-state index in [1.807, 2.05) is 23.1 Å². The minimum absolute atomic E-state index is 0.150. The van der Waals surface area contributed by atoms with Gasteiger partial charge in [-0.2, -0.15) is 0 Å². The zero-order valence-corrected chi connectivity index (χ0v) is 12.0. The van der Waals surface area contributed by atoms with Crippen molar-refractivity contribution in [3.05, 3.63) is 58.9 Å². The third kappa shape index (κ3) is 3.00. The van der Waals surface area contributed by atoms with Crippen LogP contribution in [-0.2, 0) is 11.2 Å². The van der Waals surface area contributed by atoms with Gasteiger partial charge in [0.15, 0.2) is 0 Å². The Morgan fingerprint density at radius 3 is 2.90 bits per heavy atom. The third-order valence-electron chi connectivity index (χ3n) is 3.52. The van der Waals surface area contributed by atoms with Crippen LogP contribution in [0.15, 0.2) is 42.5 Å². The Balaban J connectivity index is 1.68.